The number of imide groups is 1. The molecular weight excluding hydrogens is 209 g/mol. The van der Waals surface area contributed by atoms with Crippen molar-refractivity contribution in [2.75, 3.05) is 0 Å². The highest BCUT2D eigenvalue weighted by atomic mass is 19.1. The molecule has 4 heteroatoms. The minimum atomic E-state index is -0.543. The zero-order valence-electron chi connectivity index (χ0n) is 8.92. The summed E-state index contributed by atoms with van der Waals surface area (Å²) in [6.45, 7) is 1.79. The third-order valence-corrected chi connectivity index (χ3v) is 2.77. The quantitative estimate of drug-likeness (QED) is 0.733. The summed E-state index contributed by atoms with van der Waals surface area (Å²) in [6.07, 6.45) is 0.647. The number of piperidine rings is 1. The molecule has 3 nitrogen and oxygen atoms in total. The van der Waals surface area contributed by atoms with E-state index in [4.69, 9.17) is 0 Å². The van der Waals surface area contributed by atoms with Gasteiger partial charge in [-0.05, 0) is 25.0 Å². The molecule has 0 spiro atoms. The largest absolute Gasteiger partial charge is 0.296 e. The molecular formula is C12H12FNO2. The lowest BCUT2D eigenvalue weighted by Gasteiger charge is -2.21. The fourth-order valence-corrected chi connectivity index (χ4v) is 1.91. The first-order valence-electron chi connectivity index (χ1n) is 5.17. The highest BCUT2D eigenvalue weighted by molar-refractivity contribution is 6.00. The van der Waals surface area contributed by atoms with E-state index in [0.717, 1.165) is 5.56 Å². The van der Waals surface area contributed by atoms with Gasteiger partial charge in [-0.3, -0.25) is 14.9 Å². The highest BCUT2D eigenvalue weighted by Crippen LogP contribution is 2.27. The van der Waals surface area contributed by atoms with Crippen LogP contribution < -0.4 is 5.32 Å². The van der Waals surface area contributed by atoms with Crippen molar-refractivity contribution in [2.24, 2.45) is 0 Å². The van der Waals surface area contributed by atoms with Crippen LogP contribution in [0.1, 0.15) is 29.9 Å². The van der Waals surface area contributed by atoms with Gasteiger partial charge in [0.2, 0.25) is 11.8 Å². The molecule has 1 atom stereocenters. The molecule has 1 aromatic carbocycles. The van der Waals surface area contributed by atoms with Gasteiger partial charge in [0, 0.05) is 12.0 Å². The lowest BCUT2D eigenvalue weighted by atomic mass is 9.90. The van der Waals surface area contributed by atoms with E-state index in [0.29, 0.717) is 12.0 Å². The van der Waals surface area contributed by atoms with Gasteiger partial charge in [-0.15, -0.1) is 0 Å². The summed E-state index contributed by atoms with van der Waals surface area (Å²) < 4.78 is 13.6. The van der Waals surface area contributed by atoms with Crippen molar-refractivity contribution < 1.29 is 14.0 Å². The maximum atomic E-state index is 13.6. The van der Waals surface area contributed by atoms with Crippen LogP contribution in [0.15, 0.2) is 18.2 Å². The lowest BCUT2D eigenvalue weighted by Crippen LogP contribution is -2.39. The zero-order valence-corrected chi connectivity index (χ0v) is 8.92. The second-order valence-electron chi connectivity index (χ2n) is 4.03. The summed E-state index contributed by atoms with van der Waals surface area (Å²) in [5, 5.41) is 2.23. The van der Waals surface area contributed by atoms with Crippen LogP contribution in [0.5, 0.6) is 0 Å². The third kappa shape index (κ3) is 1.96. The van der Waals surface area contributed by atoms with Gasteiger partial charge >= 0.3 is 0 Å². The van der Waals surface area contributed by atoms with E-state index in [1.165, 1.54) is 6.07 Å². The molecule has 84 valence electrons. The molecule has 0 bridgehead atoms. The van der Waals surface area contributed by atoms with E-state index in [-0.39, 0.29) is 18.1 Å². The normalized spacial score (nSPS) is 20.8. The molecule has 16 heavy (non-hydrogen) atoms. The van der Waals surface area contributed by atoms with Gasteiger partial charge < -0.3 is 0 Å². The molecule has 0 aliphatic carbocycles. The number of nitrogens with one attached hydrogen (secondary N) is 1. The van der Waals surface area contributed by atoms with Gasteiger partial charge in [0.1, 0.15) is 5.82 Å². The van der Waals surface area contributed by atoms with Crippen LogP contribution in [0.25, 0.3) is 0 Å². The van der Waals surface area contributed by atoms with Gasteiger partial charge in [0.15, 0.2) is 0 Å². The number of amides is 2. The molecule has 1 heterocycles. The molecule has 2 amide bonds. The van der Waals surface area contributed by atoms with Crippen LogP contribution >= 0.6 is 0 Å². The number of hydrogen-bond donors (Lipinski definition) is 1. The Balaban J connectivity index is 2.30. The zero-order chi connectivity index (χ0) is 11.7. The fourth-order valence-electron chi connectivity index (χ4n) is 1.91. The number of rotatable bonds is 1. The standard InChI is InChI=1S/C12H12FNO2/c1-7-2-3-8(10(13)6-7)9-4-5-11(15)14-12(9)16/h2-3,6,9H,4-5H2,1H3,(H,14,15,16). The molecule has 1 aliphatic heterocycles. The van der Waals surface area contributed by atoms with Crippen LogP contribution in [-0.4, -0.2) is 11.8 Å². The molecule has 1 aliphatic rings. The SMILES string of the molecule is Cc1ccc(C2CCC(=O)NC2=O)c(F)c1. The summed E-state index contributed by atoms with van der Waals surface area (Å²) in [7, 11) is 0. The minimum Gasteiger partial charge on any atom is -0.296 e. The van der Waals surface area contributed by atoms with Crippen LogP contribution in [-0.2, 0) is 9.59 Å². The second kappa shape index (κ2) is 4.04. The molecule has 1 saturated heterocycles. The van der Waals surface area contributed by atoms with Crippen molar-refractivity contribution >= 4 is 11.8 Å². The van der Waals surface area contributed by atoms with Crippen LogP contribution in [0.4, 0.5) is 4.39 Å². The van der Waals surface area contributed by atoms with E-state index >= 15 is 0 Å². The van der Waals surface area contributed by atoms with Crippen LogP contribution in [0.3, 0.4) is 0 Å². The van der Waals surface area contributed by atoms with Crippen molar-refractivity contribution in [3.8, 4) is 0 Å². The van der Waals surface area contributed by atoms with Crippen molar-refractivity contribution in [3.05, 3.63) is 35.1 Å². The summed E-state index contributed by atoms with van der Waals surface area (Å²) in [6, 6.07) is 4.78. The van der Waals surface area contributed by atoms with Crippen molar-refractivity contribution in [2.45, 2.75) is 25.7 Å². The van der Waals surface area contributed by atoms with Gasteiger partial charge in [0.05, 0.1) is 5.92 Å². The fraction of sp³-hybridized carbons (Fsp3) is 0.333. The minimum absolute atomic E-state index is 0.268. The van der Waals surface area contributed by atoms with Crippen molar-refractivity contribution in [1.82, 2.24) is 5.32 Å². The molecule has 1 unspecified atom stereocenters. The Morgan fingerprint density at radius 1 is 1.38 bits per heavy atom. The number of hydrogen-bond acceptors (Lipinski definition) is 2. The van der Waals surface area contributed by atoms with Gasteiger partial charge in [-0.25, -0.2) is 4.39 Å². The maximum Gasteiger partial charge on any atom is 0.234 e. The molecule has 0 saturated carbocycles. The average molecular weight is 221 g/mol. The number of aryl methyl sites for hydroxylation is 1. The lowest BCUT2D eigenvalue weighted by molar-refractivity contribution is -0.134. The van der Waals surface area contributed by atoms with E-state index in [2.05, 4.69) is 5.32 Å². The number of carbonyl (C=O) groups is 2. The number of halogens is 1. The molecule has 0 radical (unpaired) electrons. The first-order chi connectivity index (χ1) is 7.58. The summed E-state index contributed by atoms with van der Waals surface area (Å²) in [5.74, 6) is -1.61. The molecule has 1 fully saturated rings. The third-order valence-electron chi connectivity index (χ3n) is 2.77. The summed E-state index contributed by atoms with van der Waals surface area (Å²) in [4.78, 5) is 22.5. The Bertz CT molecular complexity index is 456. The maximum absolute atomic E-state index is 13.6. The summed E-state index contributed by atoms with van der Waals surface area (Å²) >= 11 is 0. The van der Waals surface area contributed by atoms with E-state index in [9.17, 15) is 14.0 Å². The predicted molar refractivity (Wildman–Crippen MR) is 56.3 cm³/mol. The van der Waals surface area contributed by atoms with E-state index in [1.807, 2.05) is 0 Å². The number of carbonyl (C=O) groups excluding carboxylic acids is 2. The van der Waals surface area contributed by atoms with Crippen LogP contribution in [0, 0.1) is 12.7 Å². The van der Waals surface area contributed by atoms with Crippen LogP contribution in [0.2, 0.25) is 0 Å². The van der Waals surface area contributed by atoms with Gasteiger partial charge in [0.25, 0.3) is 0 Å². The van der Waals surface area contributed by atoms with Gasteiger partial charge in [-0.1, -0.05) is 12.1 Å². The molecule has 2 rings (SSSR count). The first-order valence-corrected chi connectivity index (χ1v) is 5.17. The Morgan fingerprint density at radius 2 is 2.12 bits per heavy atom. The monoisotopic (exact) mass is 221 g/mol. The topological polar surface area (TPSA) is 46.2 Å². The molecule has 0 aromatic heterocycles. The molecule has 1 aromatic rings. The van der Waals surface area contributed by atoms with Crippen molar-refractivity contribution in [1.29, 1.82) is 0 Å². The molecule has 1 N–H and O–H groups in total. The first kappa shape index (κ1) is 10.8. The highest BCUT2D eigenvalue weighted by Gasteiger charge is 2.29. The van der Waals surface area contributed by atoms with E-state index < -0.39 is 11.8 Å². The predicted octanol–water partition coefficient (Wildman–Crippen LogP) is 1.65. The Labute approximate surface area is 92.7 Å². The Hall–Kier alpha value is -1.71. The van der Waals surface area contributed by atoms with Gasteiger partial charge in [-0.2, -0.15) is 0 Å². The Morgan fingerprint density at radius 3 is 2.75 bits per heavy atom. The van der Waals surface area contributed by atoms with E-state index in [1.54, 1.807) is 19.1 Å². The second-order valence-corrected chi connectivity index (χ2v) is 4.03. The Kier molecular flexibility index (Phi) is 2.73. The van der Waals surface area contributed by atoms with Crippen molar-refractivity contribution in [3.63, 3.8) is 0 Å². The number of benzene rings is 1. The smallest absolute Gasteiger partial charge is 0.234 e. The average Bonchev–Trinajstić information content (AvgIpc) is 2.19. The summed E-state index contributed by atoms with van der Waals surface area (Å²) in [5.41, 5.74) is 1.18.